The molecule has 17 heavy (non-hydrogen) atoms. The summed E-state index contributed by atoms with van der Waals surface area (Å²) in [6, 6.07) is 1.06. The molecule has 1 aliphatic carbocycles. The second-order valence-electron chi connectivity index (χ2n) is 6.76. The minimum absolute atomic E-state index is 0.411. The molecule has 3 fully saturated rings. The third-order valence-corrected chi connectivity index (χ3v) is 5.76. The van der Waals surface area contributed by atoms with Crippen molar-refractivity contribution >= 4 is 0 Å². The molecule has 1 saturated carbocycles. The van der Waals surface area contributed by atoms with Crippen LogP contribution in [-0.4, -0.2) is 36.7 Å². The molecule has 3 nitrogen and oxygen atoms in total. The molecule has 0 bridgehead atoms. The van der Waals surface area contributed by atoms with E-state index in [9.17, 15) is 0 Å². The van der Waals surface area contributed by atoms with Crippen molar-refractivity contribution in [1.82, 2.24) is 10.2 Å². The van der Waals surface area contributed by atoms with Crippen molar-refractivity contribution in [2.24, 2.45) is 29.4 Å². The summed E-state index contributed by atoms with van der Waals surface area (Å²) in [5.41, 5.74) is 6.62. The number of fused-ring (bicyclic) bond motifs is 2. The van der Waals surface area contributed by atoms with Crippen molar-refractivity contribution in [3.63, 3.8) is 0 Å². The summed E-state index contributed by atoms with van der Waals surface area (Å²) in [6.07, 6.45) is 4.55. The van der Waals surface area contributed by atoms with Gasteiger partial charge < -0.3 is 5.73 Å². The summed E-state index contributed by atoms with van der Waals surface area (Å²) >= 11 is 0. The van der Waals surface area contributed by atoms with Crippen LogP contribution >= 0.6 is 0 Å². The number of nitrogens with one attached hydrogen (secondary N) is 1. The van der Waals surface area contributed by atoms with Gasteiger partial charge in [-0.05, 0) is 44.2 Å². The monoisotopic (exact) mass is 237 g/mol. The first-order valence-electron chi connectivity index (χ1n) is 7.31. The quantitative estimate of drug-likeness (QED) is 0.666. The van der Waals surface area contributed by atoms with Crippen LogP contribution < -0.4 is 11.1 Å². The van der Waals surface area contributed by atoms with Crippen molar-refractivity contribution in [3.05, 3.63) is 0 Å². The number of nitrogens with zero attached hydrogens (tertiary/aromatic N) is 1. The van der Waals surface area contributed by atoms with Gasteiger partial charge in [-0.3, -0.25) is 10.2 Å². The highest BCUT2D eigenvalue weighted by Gasteiger charge is 2.50. The summed E-state index contributed by atoms with van der Waals surface area (Å²) < 4.78 is 0. The van der Waals surface area contributed by atoms with E-state index >= 15 is 0 Å². The first-order valence-corrected chi connectivity index (χ1v) is 7.31. The molecule has 0 amide bonds. The van der Waals surface area contributed by atoms with E-state index in [4.69, 9.17) is 5.73 Å². The van der Waals surface area contributed by atoms with Crippen LogP contribution in [0.3, 0.4) is 0 Å². The van der Waals surface area contributed by atoms with Gasteiger partial charge in [-0.2, -0.15) is 0 Å². The molecule has 3 N–H and O–H groups in total. The van der Waals surface area contributed by atoms with Crippen LogP contribution in [0.2, 0.25) is 0 Å². The SMILES string of the molecule is CC1CCC(C)C2C(N)C3CCN(C)C3NC12. The standard InChI is InChI=1S/C14H27N3/c1-8-4-5-9(2)13-11(8)12(15)10-6-7-17(3)14(10)16-13/h8-14,16H,4-7,15H2,1-3H3. The fraction of sp³-hybridized carbons (Fsp3) is 1.00. The number of nitrogens with two attached hydrogens (primary N) is 1. The van der Waals surface area contributed by atoms with Crippen molar-refractivity contribution in [1.29, 1.82) is 0 Å². The number of hydrogen-bond donors (Lipinski definition) is 2. The Morgan fingerprint density at radius 2 is 1.82 bits per heavy atom. The average Bonchev–Trinajstić information content (AvgIpc) is 2.67. The summed E-state index contributed by atoms with van der Waals surface area (Å²) in [5.74, 6) is 2.96. The van der Waals surface area contributed by atoms with Crippen LogP contribution in [0.4, 0.5) is 0 Å². The van der Waals surface area contributed by atoms with E-state index in [1.165, 1.54) is 25.8 Å². The molecule has 0 aromatic heterocycles. The van der Waals surface area contributed by atoms with Gasteiger partial charge in [0.05, 0.1) is 6.17 Å². The lowest BCUT2D eigenvalue weighted by Gasteiger charge is -2.52. The van der Waals surface area contributed by atoms with Crippen LogP contribution in [0.1, 0.15) is 33.1 Å². The lowest BCUT2D eigenvalue weighted by Crippen LogP contribution is -2.67. The maximum absolute atomic E-state index is 6.62. The molecule has 98 valence electrons. The van der Waals surface area contributed by atoms with Crippen LogP contribution in [0.5, 0.6) is 0 Å². The first kappa shape index (κ1) is 11.9. The van der Waals surface area contributed by atoms with Gasteiger partial charge in [0.2, 0.25) is 0 Å². The molecule has 2 heterocycles. The highest BCUT2D eigenvalue weighted by molar-refractivity contribution is 5.05. The Hall–Kier alpha value is -0.120. The van der Waals surface area contributed by atoms with E-state index < -0.39 is 0 Å². The molecule has 0 aromatic carbocycles. The zero-order chi connectivity index (χ0) is 12.2. The normalized spacial score (nSPS) is 55.4. The Morgan fingerprint density at radius 1 is 1.12 bits per heavy atom. The van der Waals surface area contributed by atoms with E-state index in [0.29, 0.717) is 30.1 Å². The fourth-order valence-electron chi connectivity index (χ4n) is 4.64. The van der Waals surface area contributed by atoms with Gasteiger partial charge in [-0.1, -0.05) is 20.3 Å². The van der Waals surface area contributed by atoms with Crippen molar-refractivity contribution in [3.8, 4) is 0 Å². The molecule has 7 atom stereocenters. The predicted molar refractivity (Wildman–Crippen MR) is 70.5 cm³/mol. The number of likely N-dealkylation sites (tertiary alicyclic amines) is 1. The van der Waals surface area contributed by atoms with Crippen LogP contribution in [0.25, 0.3) is 0 Å². The highest BCUT2D eigenvalue weighted by Crippen LogP contribution is 2.43. The smallest absolute Gasteiger partial charge is 0.0641 e. The Morgan fingerprint density at radius 3 is 2.59 bits per heavy atom. The van der Waals surface area contributed by atoms with E-state index in [0.717, 1.165) is 11.8 Å². The Labute approximate surface area is 105 Å². The van der Waals surface area contributed by atoms with Gasteiger partial charge in [0.15, 0.2) is 0 Å². The minimum Gasteiger partial charge on any atom is -0.327 e. The van der Waals surface area contributed by atoms with Gasteiger partial charge in [-0.15, -0.1) is 0 Å². The molecule has 0 aromatic rings. The molecule has 2 saturated heterocycles. The predicted octanol–water partition coefficient (Wildman–Crippen LogP) is 1.25. The molecule has 3 aliphatic rings. The lowest BCUT2D eigenvalue weighted by atomic mass is 9.63. The van der Waals surface area contributed by atoms with E-state index in [1.54, 1.807) is 0 Å². The summed E-state index contributed by atoms with van der Waals surface area (Å²) in [4.78, 5) is 2.47. The second kappa shape index (κ2) is 4.22. The number of hydrogen-bond acceptors (Lipinski definition) is 3. The Kier molecular flexibility index (Phi) is 2.96. The summed E-state index contributed by atoms with van der Waals surface area (Å²) in [7, 11) is 2.24. The largest absolute Gasteiger partial charge is 0.327 e. The molecular formula is C14H27N3. The van der Waals surface area contributed by atoms with Crippen molar-refractivity contribution in [2.45, 2.75) is 51.4 Å². The molecule has 3 heteroatoms. The lowest BCUT2D eigenvalue weighted by molar-refractivity contribution is 0.0135. The summed E-state index contributed by atoms with van der Waals surface area (Å²) in [6.45, 7) is 6.01. The van der Waals surface area contributed by atoms with Gasteiger partial charge in [0, 0.05) is 18.0 Å². The maximum atomic E-state index is 6.62. The topological polar surface area (TPSA) is 41.3 Å². The second-order valence-corrected chi connectivity index (χ2v) is 6.76. The third-order valence-electron chi connectivity index (χ3n) is 5.76. The highest BCUT2D eigenvalue weighted by atomic mass is 15.3. The first-order chi connectivity index (χ1) is 8.09. The number of piperidine rings is 1. The minimum atomic E-state index is 0.411. The van der Waals surface area contributed by atoms with Crippen molar-refractivity contribution in [2.75, 3.05) is 13.6 Å². The maximum Gasteiger partial charge on any atom is 0.0641 e. The van der Waals surface area contributed by atoms with Gasteiger partial charge >= 0.3 is 0 Å². The van der Waals surface area contributed by atoms with Gasteiger partial charge in [0.1, 0.15) is 0 Å². The Bertz CT molecular complexity index is 293. The van der Waals surface area contributed by atoms with Crippen molar-refractivity contribution < 1.29 is 0 Å². The van der Waals surface area contributed by atoms with E-state index in [1.807, 2.05) is 0 Å². The van der Waals surface area contributed by atoms with Crippen LogP contribution in [0, 0.1) is 23.7 Å². The molecular weight excluding hydrogens is 210 g/mol. The Balaban J connectivity index is 1.86. The molecule has 2 aliphatic heterocycles. The molecule has 3 rings (SSSR count). The van der Waals surface area contributed by atoms with Crippen LogP contribution in [-0.2, 0) is 0 Å². The molecule has 7 unspecified atom stereocenters. The summed E-state index contributed by atoms with van der Waals surface area (Å²) in [5, 5.41) is 3.92. The zero-order valence-electron chi connectivity index (χ0n) is 11.4. The average molecular weight is 237 g/mol. The molecule has 0 spiro atoms. The van der Waals surface area contributed by atoms with E-state index in [2.05, 4.69) is 31.1 Å². The van der Waals surface area contributed by atoms with Crippen LogP contribution in [0.15, 0.2) is 0 Å². The van der Waals surface area contributed by atoms with E-state index in [-0.39, 0.29) is 0 Å². The zero-order valence-corrected chi connectivity index (χ0v) is 11.4. The third kappa shape index (κ3) is 1.74. The molecule has 0 radical (unpaired) electrons. The fourth-order valence-corrected chi connectivity index (χ4v) is 4.64. The van der Waals surface area contributed by atoms with Gasteiger partial charge in [0.25, 0.3) is 0 Å². The number of rotatable bonds is 0. The van der Waals surface area contributed by atoms with Gasteiger partial charge in [-0.25, -0.2) is 0 Å².